The van der Waals surface area contributed by atoms with E-state index in [9.17, 15) is 4.39 Å². The van der Waals surface area contributed by atoms with E-state index in [2.05, 4.69) is 25.9 Å². The highest BCUT2D eigenvalue weighted by molar-refractivity contribution is 9.10. The van der Waals surface area contributed by atoms with Gasteiger partial charge in [-0.15, -0.1) is 0 Å². The van der Waals surface area contributed by atoms with Gasteiger partial charge < -0.3 is 4.90 Å². The van der Waals surface area contributed by atoms with Gasteiger partial charge in [-0.2, -0.15) is 0 Å². The van der Waals surface area contributed by atoms with Crippen molar-refractivity contribution in [3.05, 3.63) is 46.6 Å². The number of anilines is 2. The van der Waals surface area contributed by atoms with Crippen molar-refractivity contribution in [1.29, 1.82) is 0 Å². The minimum Gasteiger partial charge on any atom is -0.326 e. The van der Waals surface area contributed by atoms with Crippen LogP contribution >= 0.6 is 15.9 Å². The van der Waals surface area contributed by atoms with Gasteiger partial charge in [0.15, 0.2) is 0 Å². The Morgan fingerprint density at radius 1 is 1.28 bits per heavy atom. The lowest BCUT2D eigenvalue weighted by Gasteiger charge is -2.22. The van der Waals surface area contributed by atoms with Crippen LogP contribution in [0.4, 0.5) is 15.9 Å². The van der Waals surface area contributed by atoms with Crippen LogP contribution in [0.25, 0.3) is 0 Å². The van der Waals surface area contributed by atoms with Crippen LogP contribution in [0.5, 0.6) is 0 Å². The maximum absolute atomic E-state index is 13.3. The summed E-state index contributed by atoms with van der Waals surface area (Å²) in [6.07, 6.45) is 0. The normalized spacial score (nSPS) is 10.4. The second kappa shape index (κ2) is 5.44. The fraction of sp³-hybridized carbons (Fsp3) is 0.231. The number of hydrogen-bond acceptors (Lipinski definition) is 3. The van der Waals surface area contributed by atoms with Crippen molar-refractivity contribution in [1.82, 2.24) is 9.97 Å². The Labute approximate surface area is 114 Å². The number of benzene rings is 1. The third-order valence-corrected chi connectivity index (χ3v) is 2.91. The Morgan fingerprint density at radius 3 is 2.67 bits per heavy atom. The van der Waals surface area contributed by atoms with Crippen molar-refractivity contribution < 1.29 is 4.39 Å². The summed E-state index contributed by atoms with van der Waals surface area (Å²) in [5.41, 5.74) is 0.780. The van der Waals surface area contributed by atoms with Gasteiger partial charge in [0.2, 0.25) is 0 Å². The quantitative estimate of drug-likeness (QED) is 0.807. The molecule has 0 saturated carbocycles. The molecule has 2 aromatic rings. The van der Waals surface area contributed by atoms with Crippen molar-refractivity contribution in [2.75, 3.05) is 11.4 Å². The highest BCUT2D eigenvalue weighted by atomic mass is 79.9. The minimum absolute atomic E-state index is 0.254. The van der Waals surface area contributed by atoms with Gasteiger partial charge in [0.1, 0.15) is 22.1 Å². The zero-order chi connectivity index (χ0) is 13.1. The monoisotopic (exact) mass is 309 g/mol. The van der Waals surface area contributed by atoms with E-state index in [1.807, 2.05) is 30.9 Å². The molecular formula is C13H13BrFN3. The number of rotatable bonds is 3. The van der Waals surface area contributed by atoms with Crippen LogP contribution in [0.1, 0.15) is 12.7 Å². The summed E-state index contributed by atoms with van der Waals surface area (Å²) in [6.45, 7) is 4.52. The van der Waals surface area contributed by atoms with Crippen LogP contribution in [-0.2, 0) is 0 Å². The van der Waals surface area contributed by atoms with Crippen molar-refractivity contribution in [3.63, 3.8) is 0 Å². The fourth-order valence-corrected chi connectivity index (χ4v) is 2.24. The molecule has 0 aliphatic rings. The van der Waals surface area contributed by atoms with Crippen molar-refractivity contribution in [2.24, 2.45) is 0 Å². The maximum Gasteiger partial charge on any atom is 0.137 e. The molecular weight excluding hydrogens is 297 g/mol. The Hall–Kier alpha value is -1.49. The van der Waals surface area contributed by atoms with Crippen LogP contribution < -0.4 is 4.90 Å². The molecule has 1 heterocycles. The largest absolute Gasteiger partial charge is 0.326 e. The lowest BCUT2D eigenvalue weighted by atomic mass is 10.2. The SMILES string of the molecule is CCN(c1cccc(F)c1)c1cc(Br)nc(C)n1. The van der Waals surface area contributed by atoms with Crippen LogP contribution in [-0.4, -0.2) is 16.5 Å². The van der Waals surface area contributed by atoms with Crippen molar-refractivity contribution in [3.8, 4) is 0 Å². The number of nitrogens with zero attached hydrogens (tertiary/aromatic N) is 3. The number of hydrogen-bond donors (Lipinski definition) is 0. The third kappa shape index (κ3) is 2.85. The van der Waals surface area contributed by atoms with Crippen LogP contribution in [0.15, 0.2) is 34.9 Å². The van der Waals surface area contributed by atoms with E-state index >= 15 is 0 Å². The summed E-state index contributed by atoms with van der Waals surface area (Å²) in [4.78, 5) is 10.5. The van der Waals surface area contributed by atoms with Gasteiger partial charge in [-0.3, -0.25) is 0 Å². The molecule has 0 amide bonds. The first-order chi connectivity index (χ1) is 8.60. The second-order valence-corrected chi connectivity index (χ2v) is 4.63. The van der Waals surface area contributed by atoms with Crippen molar-refractivity contribution >= 4 is 27.4 Å². The summed E-state index contributed by atoms with van der Waals surface area (Å²) >= 11 is 3.35. The summed E-state index contributed by atoms with van der Waals surface area (Å²) in [5, 5.41) is 0. The van der Waals surface area contributed by atoms with Gasteiger partial charge >= 0.3 is 0 Å². The number of halogens is 2. The molecule has 1 aromatic heterocycles. The van der Waals surface area contributed by atoms with Gasteiger partial charge in [-0.05, 0) is 48.0 Å². The van der Waals surface area contributed by atoms with Gasteiger partial charge in [-0.1, -0.05) is 6.07 Å². The topological polar surface area (TPSA) is 29.0 Å². The highest BCUT2D eigenvalue weighted by Crippen LogP contribution is 2.25. The number of aromatic nitrogens is 2. The summed E-state index contributed by atoms with van der Waals surface area (Å²) in [5.74, 6) is 1.17. The molecule has 0 spiro atoms. The molecule has 0 bridgehead atoms. The Morgan fingerprint density at radius 2 is 2.06 bits per heavy atom. The molecule has 0 aliphatic heterocycles. The molecule has 18 heavy (non-hydrogen) atoms. The lowest BCUT2D eigenvalue weighted by molar-refractivity contribution is 0.627. The van der Waals surface area contributed by atoms with Gasteiger partial charge in [0.05, 0.1) is 0 Å². The molecule has 0 atom stereocenters. The van der Waals surface area contributed by atoms with E-state index in [4.69, 9.17) is 0 Å². The summed E-state index contributed by atoms with van der Waals surface area (Å²) in [7, 11) is 0. The standard InChI is InChI=1S/C13H13BrFN3/c1-3-18(11-6-4-5-10(15)7-11)13-8-12(14)16-9(2)17-13/h4-8H,3H2,1-2H3. The van der Waals surface area contributed by atoms with E-state index in [0.29, 0.717) is 12.4 Å². The zero-order valence-corrected chi connectivity index (χ0v) is 11.8. The molecule has 0 saturated heterocycles. The molecule has 94 valence electrons. The average Bonchev–Trinajstić information content (AvgIpc) is 2.28. The van der Waals surface area contributed by atoms with E-state index in [-0.39, 0.29) is 5.82 Å². The van der Waals surface area contributed by atoms with Gasteiger partial charge in [-0.25, -0.2) is 14.4 Å². The lowest BCUT2D eigenvalue weighted by Crippen LogP contribution is -2.18. The number of aryl methyl sites for hydroxylation is 1. The third-order valence-electron chi connectivity index (χ3n) is 2.51. The maximum atomic E-state index is 13.3. The first-order valence-electron chi connectivity index (χ1n) is 5.64. The van der Waals surface area contributed by atoms with Crippen LogP contribution in [0, 0.1) is 12.7 Å². The second-order valence-electron chi connectivity index (χ2n) is 3.82. The predicted molar refractivity (Wildman–Crippen MR) is 73.5 cm³/mol. The zero-order valence-electron chi connectivity index (χ0n) is 10.2. The Bertz CT molecular complexity index is 539. The van der Waals surface area contributed by atoms with Crippen molar-refractivity contribution in [2.45, 2.75) is 13.8 Å². The van der Waals surface area contributed by atoms with Crippen LogP contribution in [0.2, 0.25) is 0 Å². The molecule has 1 aromatic carbocycles. The van der Waals surface area contributed by atoms with Crippen LogP contribution in [0.3, 0.4) is 0 Å². The van der Waals surface area contributed by atoms with Gasteiger partial charge in [0.25, 0.3) is 0 Å². The predicted octanol–water partition coefficient (Wildman–Crippen LogP) is 3.84. The molecule has 0 aliphatic carbocycles. The average molecular weight is 310 g/mol. The molecule has 3 nitrogen and oxygen atoms in total. The molecule has 5 heteroatoms. The first kappa shape index (κ1) is 13.0. The van der Waals surface area contributed by atoms with E-state index < -0.39 is 0 Å². The Kier molecular flexibility index (Phi) is 3.91. The molecule has 0 unspecified atom stereocenters. The Balaban J connectivity index is 2.45. The first-order valence-corrected chi connectivity index (χ1v) is 6.43. The van der Waals surface area contributed by atoms with Gasteiger partial charge in [0, 0.05) is 18.3 Å². The van der Waals surface area contributed by atoms with E-state index in [1.165, 1.54) is 12.1 Å². The van der Waals surface area contributed by atoms with E-state index in [0.717, 1.165) is 16.1 Å². The smallest absolute Gasteiger partial charge is 0.137 e. The summed E-state index contributed by atoms with van der Waals surface area (Å²) in [6, 6.07) is 8.29. The molecule has 0 radical (unpaired) electrons. The molecule has 0 N–H and O–H groups in total. The fourth-order valence-electron chi connectivity index (χ4n) is 1.78. The van der Waals surface area contributed by atoms with E-state index in [1.54, 1.807) is 6.07 Å². The summed E-state index contributed by atoms with van der Waals surface area (Å²) < 4.78 is 14.0. The highest BCUT2D eigenvalue weighted by Gasteiger charge is 2.11. The molecule has 2 rings (SSSR count). The minimum atomic E-state index is -0.254. The molecule has 0 fully saturated rings.